The van der Waals surface area contributed by atoms with Gasteiger partial charge in [-0.05, 0) is 61.2 Å². The number of ether oxygens (including phenoxy) is 2. The summed E-state index contributed by atoms with van der Waals surface area (Å²) in [7, 11) is 0. The predicted octanol–water partition coefficient (Wildman–Crippen LogP) is 8.33. The fourth-order valence-corrected chi connectivity index (χ4v) is 5.39. The van der Waals surface area contributed by atoms with E-state index < -0.39 is 11.9 Å². The van der Waals surface area contributed by atoms with Crippen LogP contribution in [0.1, 0.15) is 38.9 Å². The highest BCUT2D eigenvalue weighted by molar-refractivity contribution is 6.34. The van der Waals surface area contributed by atoms with Crippen molar-refractivity contribution < 1.29 is 19.1 Å². The van der Waals surface area contributed by atoms with Gasteiger partial charge >= 0.3 is 5.97 Å². The maximum Gasteiger partial charge on any atom is 0.343 e. The maximum atomic E-state index is 13.6. The first-order valence-corrected chi connectivity index (χ1v) is 14.5. The van der Waals surface area contributed by atoms with Gasteiger partial charge in [0.1, 0.15) is 5.69 Å². The zero-order valence-corrected chi connectivity index (χ0v) is 24.8. The number of amides is 1. The third-order valence-corrected chi connectivity index (χ3v) is 7.50. The Morgan fingerprint density at radius 3 is 2.52 bits per heavy atom. The van der Waals surface area contributed by atoms with Crippen molar-refractivity contribution in [2.75, 3.05) is 6.61 Å². The van der Waals surface area contributed by atoms with Gasteiger partial charge in [0.05, 0.1) is 23.9 Å². The molecular formula is C36H28ClN3O4. The lowest BCUT2D eigenvalue weighted by molar-refractivity contribution is 0.0728. The van der Waals surface area contributed by atoms with Gasteiger partial charge in [0, 0.05) is 26.9 Å². The molecule has 0 radical (unpaired) electrons. The molecule has 0 aliphatic heterocycles. The van der Waals surface area contributed by atoms with Gasteiger partial charge < -0.3 is 14.5 Å². The summed E-state index contributed by atoms with van der Waals surface area (Å²) in [5, 5.41) is 7.67. The molecule has 7 nitrogen and oxygen atoms in total. The van der Waals surface area contributed by atoms with E-state index in [9.17, 15) is 9.59 Å². The fourth-order valence-electron chi connectivity index (χ4n) is 5.16. The lowest BCUT2D eigenvalue weighted by Gasteiger charge is -2.11. The second-order valence-electron chi connectivity index (χ2n) is 10.2. The van der Waals surface area contributed by atoms with Crippen molar-refractivity contribution in [2.24, 2.45) is 5.10 Å². The van der Waals surface area contributed by atoms with Crippen LogP contribution in [0, 0.1) is 6.92 Å². The number of carbonyl (C=O) groups excluding carboxylic acids is 2. The summed E-state index contributed by atoms with van der Waals surface area (Å²) in [5.74, 6) is -0.240. The number of aromatic amines is 1. The predicted molar refractivity (Wildman–Crippen MR) is 175 cm³/mol. The van der Waals surface area contributed by atoms with Crippen LogP contribution in [0.3, 0.4) is 0 Å². The Kier molecular flexibility index (Phi) is 8.12. The molecule has 0 fully saturated rings. The Morgan fingerprint density at radius 1 is 0.886 bits per heavy atom. The van der Waals surface area contributed by atoms with Crippen LogP contribution in [0.2, 0.25) is 5.02 Å². The van der Waals surface area contributed by atoms with E-state index in [1.807, 2.05) is 74.5 Å². The van der Waals surface area contributed by atoms with Crippen molar-refractivity contribution in [1.29, 1.82) is 0 Å². The van der Waals surface area contributed by atoms with Crippen molar-refractivity contribution in [3.8, 4) is 22.6 Å². The summed E-state index contributed by atoms with van der Waals surface area (Å²) in [6, 6.07) is 31.7. The number of hydrazone groups is 1. The molecule has 218 valence electrons. The molecule has 0 saturated carbocycles. The molecule has 0 unspecified atom stereocenters. The Morgan fingerprint density at radius 2 is 1.70 bits per heavy atom. The van der Waals surface area contributed by atoms with E-state index in [0.29, 0.717) is 39.8 Å². The van der Waals surface area contributed by atoms with Crippen LogP contribution in [0.25, 0.3) is 32.8 Å². The monoisotopic (exact) mass is 601 g/mol. The van der Waals surface area contributed by atoms with E-state index in [2.05, 4.69) is 15.5 Å². The number of nitrogens with one attached hydrogen (secondary N) is 2. The molecule has 8 heteroatoms. The van der Waals surface area contributed by atoms with Gasteiger partial charge in [0.2, 0.25) is 0 Å². The van der Waals surface area contributed by atoms with Gasteiger partial charge in [-0.3, -0.25) is 4.79 Å². The van der Waals surface area contributed by atoms with E-state index in [4.69, 9.17) is 21.1 Å². The van der Waals surface area contributed by atoms with Gasteiger partial charge in [0.15, 0.2) is 11.5 Å². The van der Waals surface area contributed by atoms with Gasteiger partial charge in [-0.2, -0.15) is 5.10 Å². The number of aromatic nitrogens is 1. The Bertz CT molecular complexity index is 2060. The Labute approximate surface area is 259 Å². The Balaban J connectivity index is 1.28. The van der Waals surface area contributed by atoms with E-state index in [0.717, 1.165) is 32.8 Å². The van der Waals surface area contributed by atoms with Gasteiger partial charge in [0.25, 0.3) is 5.91 Å². The summed E-state index contributed by atoms with van der Waals surface area (Å²) in [6.45, 7) is 4.12. The summed E-state index contributed by atoms with van der Waals surface area (Å²) >= 11 is 6.60. The molecule has 0 atom stereocenters. The second-order valence-corrected chi connectivity index (χ2v) is 10.6. The number of nitrogens with zero attached hydrogens (tertiary/aromatic N) is 1. The highest BCUT2D eigenvalue weighted by atomic mass is 35.5. The fraction of sp³-hybridized carbons (Fsp3) is 0.0833. The number of benzene rings is 5. The zero-order chi connectivity index (χ0) is 30.6. The molecule has 2 N–H and O–H groups in total. The van der Waals surface area contributed by atoms with Crippen LogP contribution < -0.4 is 14.9 Å². The number of fused-ring (bicyclic) bond motifs is 3. The minimum atomic E-state index is -0.483. The zero-order valence-electron chi connectivity index (χ0n) is 24.1. The van der Waals surface area contributed by atoms with Crippen LogP contribution in [0.5, 0.6) is 11.5 Å². The third kappa shape index (κ3) is 5.78. The van der Waals surface area contributed by atoms with E-state index >= 15 is 0 Å². The average Bonchev–Trinajstić information content (AvgIpc) is 3.43. The van der Waals surface area contributed by atoms with Crippen molar-refractivity contribution >= 4 is 51.4 Å². The van der Waals surface area contributed by atoms with Gasteiger partial charge in [-0.15, -0.1) is 0 Å². The topological polar surface area (TPSA) is 92.8 Å². The first-order valence-electron chi connectivity index (χ1n) is 14.1. The minimum absolute atomic E-state index is 0.286. The molecule has 0 saturated heterocycles. The van der Waals surface area contributed by atoms with Crippen molar-refractivity contribution in [3.63, 3.8) is 0 Å². The number of hydrogen-bond acceptors (Lipinski definition) is 5. The number of aryl methyl sites for hydroxylation is 1. The number of esters is 1. The molecule has 5 aromatic carbocycles. The van der Waals surface area contributed by atoms with Crippen LogP contribution in [-0.4, -0.2) is 29.7 Å². The largest absolute Gasteiger partial charge is 0.490 e. The third-order valence-electron chi connectivity index (χ3n) is 7.17. The van der Waals surface area contributed by atoms with Crippen LogP contribution >= 0.6 is 11.6 Å². The molecule has 0 bridgehead atoms. The molecule has 1 amide bonds. The first-order chi connectivity index (χ1) is 21.4. The number of rotatable bonds is 8. The molecule has 44 heavy (non-hydrogen) atoms. The average molecular weight is 602 g/mol. The molecule has 6 aromatic rings. The van der Waals surface area contributed by atoms with E-state index in [1.54, 1.807) is 42.5 Å². The van der Waals surface area contributed by atoms with Crippen LogP contribution in [0.4, 0.5) is 0 Å². The van der Waals surface area contributed by atoms with Crippen LogP contribution in [-0.2, 0) is 0 Å². The van der Waals surface area contributed by atoms with Gasteiger partial charge in [-0.25, -0.2) is 10.2 Å². The van der Waals surface area contributed by atoms with Crippen molar-refractivity contribution in [1.82, 2.24) is 10.4 Å². The smallest absolute Gasteiger partial charge is 0.343 e. The minimum Gasteiger partial charge on any atom is -0.490 e. The molecule has 0 spiro atoms. The van der Waals surface area contributed by atoms with E-state index in [1.165, 1.54) is 6.21 Å². The normalized spacial score (nSPS) is 11.2. The molecule has 1 aromatic heterocycles. The van der Waals surface area contributed by atoms with Gasteiger partial charge in [-0.1, -0.05) is 83.9 Å². The van der Waals surface area contributed by atoms with E-state index in [-0.39, 0.29) is 5.75 Å². The summed E-state index contributed by atoms with van der Waals surface area (Å²) in [5.41, 5.74) is 7.30. The second kappa shape index (κ2) is 12.5. The highest BCUT2D eigenvalue weighted by Gasteiger charge is 2.22. The first kappa shape index (κ1) is 28.7. The Hall–Kier alpha value is -5.40. The number of halogens is 1. The lowest BCUT2D eigenvalue weighted by atomic mass is 9.99. The number of hydrogen-bond donors (Lipinski definition) is 2. The lowest BCUT2D eigenvalue weighted by Crippen LogP contribution is -2.19. The maximum absolute atomic E-state index is 13.6. The highest BCUT2D eigenvalue weighted by Crippen LogP contribution is 2.39. The molecular weight excluding hydrogens is 574 g/mol. The molecule has 1 heterocycles. The standard InChI is InChI=1S/C36H28ClN3O4/c1-3-43-31-20-23(15-18-30(31)44-36(42)25-11-8-9-22(2)19-25)21-38-40-35(41)34-32(27-13-6-7-14-29(27)37)28-17-16-24-10-4-5-12-26(24)33(28)39-34/h4-21,39H,3H2,1-2H3,(H,40,41). The molecule has 0 aliphatic rings. The number of H-pyrrole nitrogens is 1. The quantitative estimate of drug-likeness (QED) is 0.0794. The van der Waals surface area contributed by atoms with Crippen molar-refractivity contribution in [3.05, 3.63) is 131 Å². The summed E-state index contributed by atoms with van der Waals surface area (Å²) < 4.78 is 11.4. The van der Waals surface area contributed by atoms with Crippen LogP contribution in [0.15, 0.2) is 108 Å². The summed E-state index contributed by atoms with van der Waals surface area (Å²) in [6.07, 6.45) is 1.50. The van der Waals surface area contributed by atoms with Crippen molar-refractivity contribution in [2.45, 2.75) is 13.8 Å². The SMILES string of the molecule is CCOc1cc(C=NNC(=O)c2[nH]c3c(ccc4ccccc43)c2-c2ccccc2Cl)ccc1OC(=O)c1cccc(C)c1. The number of carbonyl (C=O) groups is 2. The summed E-state index contributed by atoms with van der Waals surface area (Å²) in [4.78, 5) is 29.6. The molecule has 6 rings (SSSR count). The molecule has 0 aliphatic carbocycles.